The van der Waals surface area contributed by atoms with Crippen molar-refractivity contribution < 1.29 is 9.90 Å². The molecule has 2 aromatic carbocycles. The van der Waals surface area contributed by atoms with Gasteiger partial charge in [0.2, 0.25) is 0 Å². The number of hydrogen-bond acceptors (Lipinski definition) is 4. The maximum absolute atomic E-state index is 12.3. The summed E-state index contributed by atoms with van der Waals surface area (Å²) in [7, 11) is 0. The van der Waals surface area contributed by atoms with E-state index in [2.05, 4.69) is 48.6 Å². The molecule has 3 rings (SSSR count). The number of carbonyl (C=O) groups excluding carboxylic acids is 1. The highest BCUT2D eigenvalue weighted by Gasteiger charge is 2.12. The van der Waals surface area contributed by atoms with Crippen molar-refractivity contribution in [2.24, 2.45) is 5.92 Å². The lowest BCUT2D eigenvalue weighted by atomic mass is 10.1. The Hall–Kier alpha value is -2.86. The van der Waals surface area contributed by atoms with Gasteiger partial charge in [-0.15, -0.1) is 0 Å². The highest BCUT2D eigenvalue weighted by atomic mass is 16.3. The minimum absolute atomic E-state index is 0.213. The van der Waals surface area contributed by atoms with E-state index >= 15 is 0 Å². The van der Waals surface area contributed by atoms with Gasteiger partial charge in [-0.1, -0.05) is 19.9 Å². The first-order valence-electron chi connectivity index (χ1n) is 9.64. The fourth-order valence-corrected chi connectivity index (χ4v) is 3.05. The fourth-order valence-electron chi connectivity index (χ4n) is 3.05. The van der Waals surface area contributed by atoms with Crippen LogP contribution in [0.1, 0.15) is 36.7 Å². The molecular formula is C22H28N4O2. The van der Waals surface area contributed by atoms with Gasteiger partial charge in [0.25, 0.3) is 5.91 Å². The summed E-state index contributed by atoms with van der Waals surface area (Å²) in [6, 6.07) is 11.6. The van der Waals surface area contributed by atoms with Crippen molar-refractivity contribution in [2.45, 2.75) is 33.8 Å². The summed E-state index contributed by atoms with van der Waals surface area (Å²) in [5.74, 6) is 0.331. The van der Waals surface area contributed by atoms with Gasteiger partial charge in [0.1, 0.15) is 0 Å². The molecule has 3 N–H and O–H groups in total. The van der Waals surface area contributed by atoms with Crippen molar-refractivity contribution in [3.8, 4) is 5.69 Å². The Morgan fingerprint density at radius 1 is 1.18 bits per heavy atom. The molecule has 0 spiro atoms. The zero-order valence-electron chi connectivity index (χ0n) is 16.9. The van der Waals surface area contributed by atoms with Crippen molar-refractivity contribution in [1.29, 1.82) is 0 Å². The summed E-state index contributed by atoms with van der Waals surface area (Å²) in [4.78, 5) is 12.3. The van der Waals surface area contributed by atoms with E-state index in [0.29, 0.717) is 11.5 Å². The molecule has 1 heterocycles. The van der Waals surface area contributed by atoms with E-state index in [1.807, 2.05) is 29.1 Å². The van der Waals surface area contributed by atoms with Crippen LogP contribution in [0.3, 0.4) is 0 Å². The zero-order valence-corrected chi connectivity index (χ0v) is 16.9. The normalized spacial score (nSPS) is 12.4. The van der Waals surface area contributed by atoms with Gasteiger partial charge in [-0.2, -0.15) is 5.10 Å². The van der Waals surface area contributed by atoms with E-state index in [-0.39, 0.29) is 12.5 Å². The lowest BCUT2D eigenvalue weighted by molar-refractivity contribution is 0.0924. The maximum Gasteiger partial charge on any atom is 0.251 e. The smallest absolute Gasteiger partial charge is 0.251 e. The third-order valence-corrected chi connectivity index (χ3v) is 4.44. The van der Waals surface area contributed by atoms with Crippen LogP contribution in [0.4, 0.5) is 5.69 Å². The average molecular weight is 380 g/mol. The Bertz CT molecular complexity index is 976. The topological polar surface area (TPSA) is 79.2 Å². The van der Waals surface area contributed by atoms with Crippen molar-refractivity contribution in [2.75, 3.05) is 18.4 Å². The summed E-state index contributed by atoms with van der Waals surface area (Å²) in [5, 5.41) is 21.2. The van der Waals surface area contributed by atoms with Crippen molar-refractivity contribution in [3.63, 3.8) is 0 Å². The van der Waals surface area contributed by atoms with E-state index in [1.54, 1.807) is 13.0 Å². The van der Waals surface area contributed by atoms with E-state index in [4.69, 9.17) is 0 Å². The van der Waals surface area contributed by atoms with E-state index in [9.17, 15) is 9.90 Å². The van der Waals surface area contributed by atoms with Gasteiger partial charge in [0.15, 0.2) is 0 Å². The number of aliphatic hydroxyl groups excluding tert-OH is 1. The number of aryl methyl sites for hydroxylation is 1. The minimum Gasteiger partial charge on any atom is -0.392 e. The molecule has 1 amide bonds. The molecule has 0 radical (unpaired) electrons. The molecule has 28 heavy (non-hydrogen) atoms. The molecule has 148 valence electrons. The van der Waals surface area contributed by atoms with Crippen LogP contribution in [0.2, 0.25) is 0 Å². The summed E-state index contributed by atoms with van der Waals surface area (Å²) in [5.41, 5.74) is 4.56. The summed E-state index contributed by atoms with van der Waals surface area (Å²) in [6.07, 6.45) is 1.28. The second-order valence-corrected chi connectivity index (χ2v) is 7.69. The van der Waals surface area contributed by atoms with E-state index in [0.717, 1.165) is 34.4 Å². The Morgan fingerprint density at radius 2 is 1.96 bits per heavy atom. The molecule has 6 heteroatoms. The molecule has 1 aromatic heterocycles. The predicted octanol–water partition coefficient (Wildman–Crippen LogP) is 3.51. The van der Waals surface area contributed by atoms with Crippen LogP contribution in [-0.4, -0.2) is 40.0 Å². The van der Waals surface area contributed by atoms with Crippen LogP contribution < -0.4 is 10.6 Å². The number of amides is 1. The number of hydrogen-bond donors (Lipinski definition) is 3. The largest absolute Gasteiger partial charge is 0.392 e. The number of aromatic nitrogens is 2. The Balaban J connectivity index is 1.96. The first kappa shape index (κ1) is 19.9. The van der Waals surface area contributed by atoms with Crippen LogP contribution in [0.5, 0.6) is 0 Å². The molecule has 1 atom stereocenters. The molecule has 0 aliphatic rings. The number of nitrogens with one attached hydrogen (secondary N) is 2. The van der Waals surface area contributed by atoms with Crippen molar-refractivity contribution in [3.05, 3.63) is 53.7 Å². The molecule has 0 aliphatic carbocycles. The lowest BCUT2D eigenvalue weighted by Crippen LogP contribution is -2.30. The zero-order chi connectivity index (χ0) is 20.3. The van der Waals surface area contributed by atoms with Crippen LogP contribution in [0.25, 0.3) is 16.6 Å². The monoisotopic (exact) mass is 380 g/mol. The second kappa shape index (κ2) is 8.44. The number of rotatable bonds is 7. The molecule has 0 aliphatic heterocycles. The SMILES string of the molecule is Cc1cc(NCC(C)C)c2cnn(-c3cccc(C(=O)NCC(C)O)c3)c2c1. The highest BCUT2D eigenvalue weighted by Crippen LogP contribution is 2.27. The molecular weight excluding hydrogens is 352 g/mol. The van der Waals surface area contributed by atoms with Crippen LogP contribution >= 0.6 is 0 Å². The van der Waals surface area contributed by atoms with Gasteiger partial charge in [-0.25, -0.2) is 4.68 Å². The standard InChI is InChI=1S/C22H28N4O2/c1-14(2)11-23-20-8-15(3)9-21-19(20)13-25-26(21)18-7-5-6-17(10-18)22(28)24-12-16(4)27/h5-10,13-14,16,23,27H,11-12H2,1-4H3,(H,24,28). The van der Waals surface area contributed by atoms with E-state index < -0.39 is 6.10 Å². The van der Waals surface area contributed by atoms with Gasteiger partial charge >= 0.3 is 0 Å². The first-order valence-corrected chi connectivity index (χ1v) is 9.64. The lowest BCUT2D eigenvalue weighted by Gasteiger charge is -2.12. The summed E-state index contributed by atoms with van der Waals surface area (Å²) >= 11 is 0. The maximum atomic E-state index is 12.3. The van der Waals surface area contributed by atoms with Crippen LogP contribution in [0.15, 0.2) is 42.6 Å². The third-order valence-electron chi connectivity index (χ3n) is 4.44. The number of fused-ring (bicyclic) bond motifs is 1. The third kappa shape index (κ3) is 4.51. The van der Waals surface area contributed by atoms with Crippen molar-refractivity contribution in [1.82, 2.24) is 15.1 Å². The van der Waals surface area contributed by atoms with Crippen LogP contribution in [-0.2, 0) is 0 Å². The second-order valence-electron chi connectivity index (χ2n) is 7.69. The van der Waals surface area contributed by atoms with Crippen molar-refractivity contribution >= 4 is 22.5 Å². The number of anilines is 1. The van der Waals surface area contributed by atoms with Gasteiger partial charge in [-0.05, 0) is 55.7 Å². The molecule has 0 saturated carbocycles. The number of nitrogens with zero attached hydrogens (tertiary/aromatic N) is 2. The fraction of sp³-hybridized carbons (Fsp3) is 0.364. The Labute approximate surface area is 165 Å². The molecule has 0 bridgehead atoms. The number of benzene rings is 2. The van der Waals surface area contributed by atoms with Gasteiger partial charge in [0, 0.05) is 29.7 Å². The molecule has 3 aromatic rings. The predicted molar refractivity (Wildman–Crippen MR) is 113 cm³/mol. The highest BCUT2D eigenvalue weighted by molar-refractivity contribution is 5.96. The molecule has 6 nitrogen and oxygen atoms in total. The quantitative estimate of drug-likeness (QED) is 0.586. The van der Waals surface area contributed by atoms with Gasteiger partial charge in [-0.3, -0.25) is 4.79 Å². The molecule has 1 unspecified atom stereocenters. The molecule has 0 saturated heterocycles. The summed E-state index contributed by atoms with van der Waals surface area (Å²) < 4.78 is 1.86. The van der Waals surface area contributed by atoms with Gasteiger partial charge < -0.3 is 15.7 Å². The Morgan fingerprint density at radius 3 is 2.68 bits per heavy atom. The minimum atomic E-state index is -0.582. The Kier molecular flexibility index (Phi) is 5.99. The number of aliphatic hydroxyl groups is 1. The number of carbonyl (C=O) groups is 1. The first-order chi connectivity index (χ1) is 13.3. The molecule has 0 fully saturated rings. The summed E-state index contributed by atoms with van der Waals surface area (Å²) in [6.45, 7) is 9.17. The average Bonchev–Trinajstić information content (AvgIpc) is 3.08. The van der Waals surface area contributed by atoms with E-state index in [1.165, 1.54) is 0 Å². The van der Waals surface area contributed by atoms with Gasteiger partial charge in [0.05, 0.1) is 23.5 Å². The van der Waals surface area contributed by atoms with Crippen LogP contribution in [0, 0.1) is 12.8 Å².